The van der Waals surface area contributed by atoms with Crippen LogP contribution in [-0.4, -0.2) is 44.3 Å². The molecule has 9 nitrogen and oxygen atoms in total. The van der Waals surface area contributed by atoms with Crippen LogP contribution in [0.5, 0.6) is 17.2 Å². The van der Waals surface area contributed by atoms with Gasteiger partial charge in [-0.15, -0.1) is 0 Å². The first-order valence-corrected chi connectivity index (χ1v) is 15.2. The second kappa shape index (κ2) is 20.9. The maximum Gasteiger partial charge on any atom is 0.343 e. The van der Waals surface area contributed by atoms with E-state index in [4.69, 9.17) is 14.2 Å². The monoisotopic (exact) mass is 581 g/mol. The van der Waals surface area contributed by atoms with Gasteiger partial charge in [0.2, 0.25) is 5.91 Å². The van der Waals surface area contributed by atoms with Gasteiger partial charge < -0.3 is 19.5 Å². The number of amides is 2. The number of hydrogen-bond donors (Lipinski definition) is 2. The Morgan fingerprint density at radius 2 is 1.45 bits per heavy atom. The van der Waals surface area contributed by atoms with Crippen molar-refractivity contribution in [3.8, 4) is 17.2 Å². The number of nitrogens with one attached hydrogen (secondary N) is 2. The molecule has 0 aliphatic carbocycles. The largest absolute Gasteiger partial charge is 0.494 e. The van der Waals surface area contributed by atoms with E-state index in [0.717, 1.165) is 32.1 Å². The van der Waals surface area contributed by atoms with Crippen LogP contribution in [0.15, 0.2) is 47.6 Å². The minimum Gasteiger partial charge on any atom is -0.494 e. The zero-order valence-corrected chi connectivity index (χ0v) is 25.4. The Hall–Kier alpha value is -3.88. The lowest BCUT2D eigenvalue weighted by atomic mass is 10.1. The lowest BCUT2D eigenvalue weighted by Gasteiger charge is -2.10. The molecule has 0 saturated heterocycles. The second-order valence-electron chi connectivity index (χ2n) is 10.2. The van der Waals surface area contributed by atoms with Gasteiger partial charge >= 0.3 is 5.97 Å². The molecule has 2 amide bonds. The van der Waals surface area contributed by atoms with E-state index in [-0.39, 0.29) is 18.2 Å². The highest BCUT2D eigenvalue weighted by Crippen LogP contribution is 2.28. The Morgan fingerprint density at radius 1 is 0.786 bits per heavy atom. The Morgan fingerprint density at radius 3 is 2.12 bits per heavy atom. The van der Waals surface area contributed by atoms with Crippen molar-refractivity contribution in [3.05, 3.63) is 53.6 Å². The van der Waals surface area contributed by atoms with E-state index >= 15 is 0 Å². The molecule has 2 aromatic rings. The van der Waals surface area contributed by atoms with Gasteiger partial charge in [0.05, 0.1) is 32.0 Å². The summed E-state index contributed by atoms with van der Waals surface area (Å²) in [6, 6.07) is 11.7. The van der Waals surface area contributed by atoms with Crippen molar-refractivity contribution < 1.29 is 28.6 Å². The number of hydrogen-bond acceptors (Lipinski definition) is 7. The van der Waals surface area contributed by atoms with Crippen LogP contribution in [0, 0.1) is 0 Å². The van der Waals surface area contributed by atoms with Crippen molar-refractivity contribution in [2.45, 2.75) is 90.9 Å². The Kier molecular flexibility index (Phi) is 17.1. The van der Waals surface area contributed by atoms with Crippen LogP contribution in [0.2, 0.25) is 0 Å². The summed E-state index contributed by atoms with van der Waals surface area (Å²) >= 11 is 0. The number of nitrogens with zero attached hydrogens (tertiary/aromatic N) is 1. The first-order valence-electron chi connectivity index (χ1n) is 15.2. The number of esters is 1. The van der Waals surface area contributed by atoms with Gasteiger partial charge in [-0.1, -0.05) is 71.6 Å². The molecule has 0 aliphatic rings. The fourth-order valence-corrected chi connectivity index (χ4v) is 4.11. The summed E-state index contributed by atoms with van der Waals surface area (Å²) in [5.74, 6) is 0.199. The molecular formula is C33H47N3O6. The van der Waals surface area contributed by atoms with Gasteiger partial charge in [0, 0.05) is 6.42 Å². The summed E-state index contributed by atoms with van der Waals surface area (Å²) in [7, 11) is 1.47. The van der Waals surface area contributed by atoms with Gasteiger partial charge in [-0.05, 0) is 60.9 Å². The lowest BCUT2D eigenvalue weighted by Crippen LogP contribution is -2.34. The highest BCUT2D eigenvalue weighted by atomic mass is 16.6. The zero-order chi connectivity index (χ0) is 30.4. The number of carbonyl (C=O) groups is 3. The molecule has 0 aliphatic heterocycles. The molecule has 9 heteroatoms. The highest BCUT2D eigenvalue weighted by molar-refractivity contribution is 5.92. The van der Waals surface area contributed by atoms with Crippen molar-refractivity contribution in [2.75, 3.05) is 20.3 Å². The van der Waals surface area contributed by atoms with E-state index in [2.05, 4.69) is 29.7 Å². The molecule has 0 saturated carbocycles. The molecule has 2 N–H and O–H groups in total. The summed E-state index contributed by atoms with van der Waals surface area (Å²) in [6.07, 6.45) is 14.5. The second-order valence-corrected chi connectivity index (χ2v) is 10.2. The predicted molar refractivity (Wildman–Crippen MR) is 165 cm³/mol. The van der Waals surface area contributed by atoms with Crippen LogP contribution in [0.3, 0.4) is 0 Å². The Balaban J connectivity index is 1.71. The fraction of sp³-hybridized carbons (Fsp3) is 0.515. The number of rotatable bonds is 21. The third kappa shape index (κ3) is 14.1. The minimum absolute atomic E-state index is 0.136. The Bertz CT molecular complexity index is 1120. The Labute approximate surface area is 250 Å². The van der Waals surface area contributed by atoms with E-state index in [1.165, 1.54) is 51.8 Å². The van der Waals surface area contributed by atoms with E-state index in [1.807, 2.05) is 0 Å². The maximum absolute atomic E-state index is 12.6. The number of hydrazone groups is 1. The third-order valence-corrected chi connectivity index (χ3v) is 6.60. The number of unbranched alkanes of at least 4 members (excludes halogenated alkanes) is 9. The molecule has 0 atom stereocenters. The SMILES string of the molecule is CCCCCCCCCCCC(=O)NCC(=O)NN=Cc1ccc(OC(=O)c2ccc(OCCCC)cc2)c(OC)c1. The lowest BCUT2D eigenvalue weighted by molar-refractivity contribution is -0.126. The summed E-state index contributed by atoms with van der Waals surface area (Å²) in [5, 5.41) is 6.57. The van der Waals surface area contributed by atoms with Crippen molar-refractivity contribution in [3.63, 3.8) is 0 Å². The van der Waals surface area contributed by atoms with E-state index in [0.29, 0.717) is 35.7 Å². The van der Waals surface area contributed by atoms with Crippen molar-refractivity contribution in [1.29, 1.82) is 0 Å². The van der Waals surface area contributed by atoms with Gasteiger partial charge in [0.15, 0.2) is 11.5 Å². The van der Waals surface area contributed by atoms with Crippen molar-refractivity contribution >= 4 is 24.0 Å². The molecule has 0 radical (unpaired) electrons. The quantitative estimate of drug-likeness (QED) is 0.0566. The van der Waals surface area contributed by atoms with Crippen LogP contribution in [0.25, 0.3) is 0 Å². The number of carbonyl (C=O) groups excluding carboxylic acids is 3. The third-order valence-electron chi connectivity index (χ3n) is 6.60. The molecule has 42 heavy (non-hydrogen) atoms. The molecule has 2 rings (SSSR count). The summed E-state index contributed by atoms with van der Waals surface area (Å²) < 4.78 is 16.5. The number of ether oxygens (including phenoxy) is 3. The minimum atomic E-state index is -0.526. The van der Waals surface area contributed by atoms with Crippen LogP contribution < -0.4 is 25.0 Å². The van der Waals surface area contributed by atoms with Crippen LogP contribution >= 0.6 is 0 Å². The van der Waals surface area contributed by atoms with Gasteiger partial charge in [0.25, 0.3) is 5.91 Å². The van der Waals surface area contributed by atoms with Crippen LogP contribution in [-0.2, 0) is 9.59 Å². The average molecular weight is 582 g/mol. The predicted octanol–water partition coefficient (Wildman–Crippen LogP) is 6.58. The van der Waals surface area contributed by atoms with E-state index < -0.39 is 11.9 Å². The van der Waals surface area contributed by atoms with Gasteiger partial charge in [-0.2, -0.15) is 5.10 Å². The number of benzene rings is 2. The molecule has 0 bridgehead atoms. The molecule has 0 heterocycles. The van der Waals surface area contributed by atoms with Crippen molar-refractivity contribution in [1.82, 2.24) is 10.7 Å². The smallest absolute Gasteiger partial charge is 0.343 e. The number of methoxy groups -OCH3 is 1. The molecule has 0 fully saturated rings. The van der Waals surface area contributed by atoms with Crippen LogP contribution in [0.1, 0.15) is 107 Å². The van der Waals surface area contributed by atoms with Crippen molar-refractivity contribution in [2.24, 2.45) is 5.10 Å². The fourth-order valence-electron chi connectivity index (χ4n) is 4.11. The molecular weight excluding hydrogens is 534 g/mol. The first-order chi connectivity index (χ1) is 20.5. The normalized spacial score (nSPS) is 10.8. The average Bonchev–Trinajstić information content (AvgIpc) is 3.00. The summed E-state index contributed by atoms with van der Waals surface area (Å²) in [4.78, 5) is 36.7. The first kappa shape index (κ1) is 34.3. The van der Waals surface area contributed by atoms with E-state index in [1.54, 1.807) is 42.5 Å². The van der Waals surface area contributed by atoms with Gasteiger partial charge in [-0.25, -0.2) is 10.2 Å². The molecule has 0 unspecified atom stereocenters. The van der Waals surface area contributed by atoms with Crippen LogP contribution in [0.4, 0.5) is 0 Å². The zero-order valence-electron chi connectivity index (χ0n) is 25.4. The highest BCUT2D eigenvalue weighted by Gasteiger charge is 2.13. The van der Waals surface area contributed by atoms with Gasteiger partial charge in [-0.3, -0.25) is 9.59 Å². The molecule has 230 valence electrons. The van der Waals surface area contributed by atoms with E-state index in [9.17, 15) is 14.4 Å². The maximum atomic E-state index is 12.6. The van der Waals surface area contributed by atoms with Gasteiger partial charge in [0.1, 0.15) is 5.75 Å². The summed E-state index contributed by atoms with van der Waals surface area (Å²) in [5.41, 5.74) is 3.40. The molecule has 0 spiro atoms. The summed E-state index contributed by atoms with van der Waals surface area (Å²) in [6.45, 7) is 4.80. The molecule has 2 aromatic carbocycles. The topological polar surface area (TPSA) is 115 Å². The standard InChI is InChI=1S/C33H47N3O6/c1-4-6-8-9-10-11-12-13-14-15-31(37)34-25-32(38)36-35-24-26-16-21-29(30(23-26)40-3)42-33(39)27-17-19-28(20-18-27)41-22-7-5-2/h16-21,23-24H,4-15,22,25H2,1-3H3,(H,34,37)(H,36,38). The molecule has 0 aromatic heterocycles.